The summed E-state index contributed by atoms with van der Waals surface area (Å²) in [6.07, 6.45) is 0.527. The molecule has 5 atom stereocenters. The SMILES string of the molecule is NC(=O)C(Cc1ccccc1)OC(=O)C(Cc1ccccc1)C(O)/C=C/CC(O)C(N)Cc1ccc(O)cc1. The van der Waals surface area contributed by atoms with Gasteiger partial charge in [-0.1, -0.05) is 84.9 Å². The average Bonchev–Trinajstić information content (AvgIpc) is 2.93. The van der Waals surface area contributed by atoms with Gasteiger partial charge in [0.1, 0.15) is 5.75 Å². The Bertz CT molecular complexity index is 1200. The van der Waals surface area contributed by atoms with Crippen LogP contribution in [-0.2, 0) is 33.6 Å². The van der Waals surface area contributed by atoms with Crippen LogP contribution in [0.3, 0.4) is 0 Å². The lowest BCUT2D eigenvalue weighted by atomic mass is 9.93. The van der Waals surface area contributed by atoms with Crippen LogP contribution in [0.2, 0.25) is 0 Å². The number of aliphatic hydroxyl groups excluding tert-OH is 2. The van der Waals surface area contributed by atoms with Gasteiger partial charge in [-0.2, -0.15) is 0 Å². The number of carbonyl (C=O) groups excluding carboxylic acids is 2. The third-order valence-electron chi connectivity index (χ3n) is 6.47. The van der Waals surface area contributed by atoms with Crippen LogP contribution in [-0.4, -0.2) is 51.5 Å². The number of amides is 1. The Balaban J connectivity index is 1.66. The molecule has 3 rings (SSSR count). The Kier molecular flexibility index (Phi) is 11.2. The second-order valence-electron chi connectivity index (χ2n) is 9.57. The molecule has 0 aliphatic rings. The molecule has 0 saturated carbocycles. The van der Waals surface area contributed by atoms with E-state index in [1.54, 1.807) is 42.5 Å². The quantitative estimate of drug-likeness (QED) is 0.158. The first-order valence-corrected chi connectivity index (χ1v) is 12.9. The van der Waals surface area contributed by atoms with Crippen molar-refractivity contribution in [3.63, 3.8) is 0 Å². The zero-order chi connectivity index (χ0) is 28.2. The van der Waals surface area contributed by atoms with Gasteiger partial charge in [0, 0.05) is 12.5 Å². The van der Waals surface area contributed by atoms with Crippen molar-refractivity contribution in [3.05, 3.63) is 114 Å². The van der Waals surface area contributed by atoms with Crippen molar-refractivity contribution in [2.45, 2.75) is 50.0 Å². The molecule has 0 radical (unpaired) electrons. The molecule has 3 aromatic carbocycles. The van der Waals surface area contributed by atoms with Crippen LogP contribution in [0.25, 0.3) is 0 Å². The normalized spacial score (nSPS) is 15.3. The van der Waals surface area contributed by atoms with Gasteiger partial charge in [-0.3, -0.25) is 9.59 Å². The fourth-order valence-corrected chi connectivity index (χ4v) is 4.17. The van der Waals surface area contributed by atoms with E-state index < -0.39 is 42.1 Å². The Morgan fingerprint density at radius 3 is 1.90 bits per heavy atom. The number of esters is 1. The van der Waals surface area contributed by atoms with E-state index in [1.165, 1.54) is 6.08 Å². The molecule has 0 aliphatic carbocycles. The lowest BCUT2D eigenvalue weighted by Crippen LogP contribution is -2.39. The van der Waals surface area contributed by atoms with Crippen molar-refractivity contribution in [2.24, 2.45) is 17.4 Å². The lowest BCUT2D eigenvalue weighted by molar-refractivity contribution is -0.161. The van der Waals surface area contributed by atoms with E-state index in [1.807, 2.05) is 48.5 Å². The van der Waals surface area contributed by atoms with Gasteiger partial charge in [0.15, 0.2) is 6.10 Å². The summed E-state index contributed by atoms with van der Waals surface area (Å²) in [5, 5.41) is 30.9. The summed E-state index contributed by atoms with van der Waals surface area (Å²) in [4.78, 5) is 25.3. The largest absolute Gasteiger partial charge is 0.508 e. The monoisotopic (exact) mass is 532 g/mol. The Hall–Kier alpha value is -3.98. The number of aromatic hydroxyl groups is 1. The van der Waals surface area contributed by atoms with E-state index in [2.05, 4.69) is 0 Å². The van der Waals surface area contributed by atoms with Crippen molar-refractivity contribution >= 4 is 11.9 Å². The number of phenols is 1. The standard InChI is InChI=1S/C31H36N2O6/c32-26(19-23-14-16-24(34)17-15-23)28(36)13-7-12-27(35)25(18-21-8-3-1-4-9-21)31(38)39-29(30(33)37)20-22-10-5-2-6-11-22/h1-12,14-17,25-29,34-36H,13,18-20,32H2,(H2,33,37)/b12-7+. The lowest BCUT2D eigenvalue weighted by Gasteiger charge is -2.23. The predicted molar refractivity (Wildman–Crippen MR) is 148 cm³/mol. The van der Waals surface area contributed by atoms with Gasteiger partial charge in [0.25, 0.3) is 5.91 Å². The molecule has 0 spiro atoms. The maximum atomic E-state index is 13.2. The molecule has 0 bridgehead atoms. The molecule has 39 heavy (non-hydrogen) atoms. The van der Waals surface area contributed by atoms with Gasteiger partial charge in [0.05, 0.1) is 18.1 Å². The van der Waals surface area contributed by atoms with Crippen molar-refractivity contribution in [1.82, 2.24) is 0 Å². The van der Waals surface area contributed by atoms with Crippen LogP contribution in [0.4, 0.5) is 0 Å². The molecular weight excluding hydrogens is 496 g/mol. The summed E-state index contributed by atoms with van der Waals surface area (Å²) in [6.45, 7) is 0. The zero-order valence-corrected chi connectivity index (χ0v) is 21.7. The first kappa shape index (κ1) is 29.6. The fourth-order valence-electron chi connectivity index (χ4n) is 4.17. The summed E-state index contributed by atoms with van der Waals surface area (Å²) in [6, 6.07) is 24.2. The third-order valence-corrected chi connectivity index (χ3v) is 6.47. The van der Waals surface area contributed by atoms with Gasteiger partial charge in [-0.15, -0.1) is 0 Å². The van der Waals surface area contributed by atoms with E-state index in [0.29, 0.717) is 6.42 Å². The number of primary amides is 1. The molecule has 206 valence electrons. The predicted octanol–water partition coefficient (Wildman–Crippen LogP) is 2.43. The highest BCUT2D eigenvalue weighted by atomic mass is 16.5. The van der Waals surface area contributed by atoms with Crippen LogP contribution in [0, 0.1) is 5.92 Å². The second-order valence-corrected chi connectivity index (χ2v) is 9.57. The highest BCUT2D eigenvalue weighted by Crippen LogP contribution is 2.19. The van der Waals surface area contributed by atoms with Gasteiger partial charge in [-0.25, -0.2) is 0 Å². The van der Waals surface area contributed by atoms with Crippen LogP contribution in [0.5, 0.6) is 5.75 Å². The molecule has 0 aromatic heterocycles. The minimum Gasteiger partial charge on any atom is -0.508 e. The first-order chi connectivity index (χ1) is 18.7. The van der Waals surface area contributed by atoms with Crippen LogP contribution < -0.4 is 11.5 Å². The summed E-state index contributed by atoms with van der Waals surface area (Å²) < 4.78 is 5.52. The number of ether oxygens (including phenoxy) is 1. The molecule has 7 N–H and O–H groups in total. The smallest absolute Gasteiger partial charge is 0.313 e. The molecule has 0 fully saturated rings. The topological polar surface area (TPSA) is 156 Å². The minimum absolute atomic E-state index is 0.122. The number of benzene rings is 3. The van der Waals surface area contributed by atoms with Gasteiger partial charge < -0.3 is 31.5 Å². The summed E-state index contributed by atoms with van der Waals surface area (Å²) in [5.41, 5.74) is 14.1. The minimum atomic E-state index is -1.25. The number of phenolic OH excluding ortho intramolecular Hbond substituents is 1. The number of nitrogens with two attached hydrogens (primary N) is 2. The van der Waals surface area contributed by atoms with E-state index >= 15 is 0 Å². The molecule has 8 heteroatoms. The molecule has 1 amide bonds. The van der Waals surface area contributed by atoms with E-state index in [4.69, 9.17) is 16.2 Å². The molecular formula is C31H36N2O6. The summed E-state index contributed by atoms with van der Waals surface area (Å²) in [5.74, 6) is -2.39. The van der Waals surface area contributed by atoms with Crippen LogP contribution >= 0.6 is 0 Å². The Labute approximate surface area is 228 Å². The van der Waals surface area contributed by atoms with Crippen molar-refractivity contribution < 1.29 is 29.6 Å². The molecule has 5 unspecified atom stereocenters. The highest BCUT2D eigenvalue weighted by Gasteiger charge is 2.31. The molecule has 0 heterocycles. The zero-order valence-electron chi connectivity index (χ0n) is 21.7. The number of carbonyl (C=O) groups is 2. The molecule has 3 aromatic rings. The number of hydrogen-bond donors (Lipinski definition) is 5. The van der Waals surface area contributed by atoms with E-state index in [9.17, 15) is 24.9 Å². The van der Waals surface area contributed by atoms with Crippen LogP contribution in [0.1, 0.15) is 23.1 Å². The number of hydrogen-bond acceptors (Lipinski definition) is 7. The van der Waals surface area contributed by atoms with Crippen molar-refractivity contribution in [2.75, 3.05) is 0 Å². The summed E-state index contributed by atoms with van der Waals surface area (Å²) >= 11 is 0. The number of aliphatic hydroxyl groups is 2. The third kappa shape index (κ3) is 9.68. The maximum absolute atomic E-state index is 13.2. The van der Waals surface area contributed by atoms with E-state index in [-0.39, 0.29) is 25.0 Å². The first-order valence-electron chi connectivity index (χ1n) is 12.9. The molecule has 0 aliphatic heterocycles. The van der Waals surface area contributed by atoms with Crippen molar-refractivity contribution in [1.29, 1.82) is 0 Å². The Morgan fingerprint density at radius 2 is 1.33 bits per heavy atom. The molecule has 0 saturated heterocycles. The highest BCUT2D eigenvalue weighted by molar-refractivity contribution is 5.83. The van der Waals surface area contributed by atoms with Gasteiger partial charge in [-0.05, 0) is 48.1 Å². The molecule has 8 nitrogen and oxygen atoms in total. The Morgan fingerprint density at radius 1 is 0.795 bits per heavy atom. The maximum Gasteiger partial charge on any atom is 0.313 e. The van der Waals surface area contributed by atoms with Gasteiger partial charge in [0.2, 0.25) is 0 Å². The number of rotatable bonds is 14. The van der Waals surface area contributed by atoms with Crippen LogP contribution in [0.15, 0.2) is 97.1 Å². The average molecular weight is 533 g/mol. The fraction of sp³-hybridized carbons (Fsp3) is 0.290. The van der Waals surface area contributed by atoms with E-state index in [0.717, 1.165) is 16.7 Å². The van der Waals surface area contributed by atoms with Gasteiger partial charge >= 0.3 is 5.97 Å². The summed E-state index contributed by atoms with van der Waals surface area (Å²) in [7, 11) is 0. The van der Waals surface area contributed by atoms with Crippen molar-refractivity contribution in [3.8, 4) is 5.75 Å². The second kappa shape index (κ2) is 14.8.